The number of hydrogen-bond acceptors (Lipinski definition) is 3. The van der Waals surface area contributed by atoms with Crippen molar-refractivity contribution >= 4 is 29.8 Å². The molecule has 0 saturated carbocycles. The van der Waals surface area contributed by atoms with Crippen molar-refractivity contribution in [2.45, 2.75) is 39.0 Å². The highest BCUT2D eigenvalue weighted by atomic mass is 16.2. The number of carbonyl (C=O) groups excluding carboxylic acids is 2. The van der Waals surface area contributed by atoms with Crippen LogP contribution in [-0.2, 0) is 4.79 Å². The molecule has 5 heteroatoms. The summed E-state index contributed by atoms with van der Waals surface area (Å²) in [6.45, 7) is 2.14. The van der Waals surface area contributed by atoms with Gasteiger partial charge in [0.15, 0.2) is 0 Å². The Kier molecular flexibility index (Phi) is 9.21. The summed E-state index contributed by atoms with van der Waals surface area (Å²) in [6.07, 6.45) is 9.98. The van der Waals surface area contributed by atoms with Gasteiger partial charge in [-0.05, 0) is 42.3 Å². The lowest BCUT2D eigenvalue weighted by Gasteiger charge is -2.06. The predicted molar refractivity (Wildman–Crippen MR) is 115 cm³/mol. The van der Waals surface area contributed by atoms with E-state index >= 15 is 0 Å². The first kappa shape index (κ1) is 21.1. The highest BCUT2D eigenvalue weighted by Gasteiger charge is 2.06. The third-order valence-corrected chi connectivity index (χ3v) is 4.10. The van der Waals surface area contributed by atoms with E-state index in [4.69, 9.17) is 0 Å². The van der Waals surface area contributed by atoms with Crippen LogP contribution in [0.5, 0.6) is 0 Å². The molecule has 2 aromatic carbocycles. The van der Waals surface area contributed by atoms with Crippen molar-refractivity contribution in [2.24, 2.45) is 5.10 Å². The first-order valence-electron chi connectivity index (χ1n) is 9.64. The number of amides is 2. The van der Waals surface area contributed by atoms with Crippen molar-refractivity contribution in [3.05, 3.63) is 71.8 Å². The van der Waals surface area contributed by atoms with Crippen LogP contribution >= 0.6 is 0 Å². The molecule has 0 heterocycles. The molecule has 0 atom stereocenters. The molecule has 28 heavy (non-hydrogen) atoms. The number of carbonyl (C=O) groups is 2. The van der Waals surface area contributed by atoms with Crippen LogP contribution in [0.25, 0.3) is 6.08 Å². The second kappa shape index (κ2) is 12.2. The summed E-state index contributed by atoms with van der Waals surface area (Å²) in [6, 6.07) is 16.6. The molecule has 0 aliphatic heterocycles. The Morgan fingerprint density at radius 3 is 2.43 bits per heavy atom. The fourth-order valence-corrected chi connectivity index (χ4v) is 2.56. The summed E-state index contributed by atoms with van der Waals surface area (Å²) in [5.41, 5.74) is 4.70. The summed E-state index contributed by atoms with van der Waals surface area (Å²) in [5, 5.41) is 6.75. The van der Waals surface area contributed by atoms with Gasteiger partial charge in [-0.2, -0.15) is 5.10 Å². The zero-order chi connectivity index (χ0) is 20.0. The smallest absolute Gasteiger partial charge is 0.271 e. The number of rotatable bonds is 10. The molecule has 5 nitrogen and oxygen atoms in total. The molecule has 0 radical (unpaired) electrons. The van der Waals surface area contributed by atoms with E-state index in [9.17, 15) is 9.59 Å². The number of hydrogen-bond donors (Lipinski definition) is 2. The van der Waals surface area contributed by atoms with Crippen LogP contribution in [-0.4, -0.2) is 18.0 Å². The summed E-state index contributed by atoms with van der Waals surface area (Å²) < 4.78 is 0. The van der Waals surface area contributed by atoms with Gasteiger partial charge in [-0.25, -0.2) is 5.43 Å². The molecular formula is C23H27N3O2. The maximum atomic E-state index is 12.1. The fourth-order valence-electron chi connectivity index (χ4n) is 2.56. The Hall–Kier alpha value is -3.21. The molecule has 0 unspecified atom stereocenters. The number of hydrazone groups is 1. The summed E-state index contributed by atoms with van der Waals surface area (Å²) in [7, 11) is 0. The molecular weight excluding hydrogens is 350 g/mol. The van der Waals surface area contributed by atoms with Crippen molar-refractivity contribution in [2.75, 3.05) is 5.32 Å². The molecule has 0 aliphatic carbocycles. The van der Waals surface area contributed by atoms with Crippen molar-refractivity contribution < 1.29 is 9.59 Å². The van der Waals surface area contributed by atoms with Gasteiger partial charge in [0.2, 0.25) is 5.91 Å². The lowest BCUT2D eigenvalue weighted by Crippen LogP contribution is -2.17. The molecule has 0 aromatic heterocycles. The van der Waals surface area contributed by atoms with Crippen molar-refractivity contribution in [3.8, 4) is 0 Å². The largest absolute Gasteiger partial charge is 0.326 e. The zero-order valence-electron chi connectivity index (χ0n) is 16.2. The highest BCUT2D eigenvalue weighted by molar-refractivity contribution is 5.96. The van der Waals surface area contributed by atoms with Crippen LogP contribution in [0.2, 0.25) is 0 Å². The minimum atomic E-state index is -0.304. The average Bonchev–Trinajstić information content (AvgIpc) is 2.72. The van der Waals surface area contributed by atoms with Crippen LogP contribution in [0.4, 0.5) is 5.69 Å². The Morgan fingerprint density at radius 1 is 0.964 bits per heavy atom. The van der Waals surface area contributed by atoms with E-state index in [1.165, 1.54) is 6.21 Å². The van der Waals surface area contributed by atoms with Gasteiger partial charge in [0.25, 0.3) is 5.91 Å². The van der Waals surface area contributed by atoms with Crippen LogP contribution in [0, 0.1) is 0 Å². The summed E-state index contributed by atoms with van der Waals surface area (Å²) in [5.74, 6) is -0.301. The van der Waals surface area contributed by atoms with E-state index < -0.39 is 0 Å². The van der Waals surface area contributed by atoms with E-state index in [0.29, 0.717) is 17.7 Å². The molecule has 0 saturated heterocycles. The van der Waals surface area contributed by atoms with Gasteiger partial charge in [0.1, 0.15) is 0 Å². The van der Waals surface area contributed by atoms with E-state index in [2.05, 4.69) is 22.8 Å². The molecule has 2 N–H and O–H groups in total. The predicted octanol–water partition coefficient (Wildman–Crippen LogP) is 5.02. The standard InChI is InChI=1S/C23H27N3O2/c1-2-3-4-8-13-22(27)25-21-16-14-20(15-17-21)23(28)26-24-18-9-12-19-10-6-5-7-11-19/h5-7,9-12,14-18H,2-4,8,13H2,1H3,(H,25,27)(H,26,28). The number of benzene rings is 2. The van der Waals surface area contributed by atoms with E-state index in [1.807, 2.05) is 36.4 Å². The van der Waals surface area contributed by atoms with Crippen LogP contribution in [0.3, 0.4) is 0 Å². The van der Waals surface area contributed by atoms with Gasteiger partial charge in [-0.15, -0.1) is 0 Å². The van der Waals surface area contributed by atoms with E-state index in [1.54, 1.807) is 30.3 Å². The normalized spacial score (nSPS) is 11.0. The number of unbranched alkanes of at least 4 members (excludes halogenated alkanes) is 3. The van der Waals surface area contributed by atoms with Gasteiger partial charge >= 0.3 is 0 Å². The minimum Gasteiger partial charge on any atom is -0.326 e. The lowest BCUT2D eigenvalue weighted by molar-refractivity contribution is -0.116. The molecule has 146 valence electrons. The first-order chi connectivity index (χ1) is 13.7. The Labute approximate surface area is 166 Å². The van der Waals surface area contributed by atoms with Gasteiger partial charge < -0.3 is 5.32 Å². The fraction of sp³-hybridized carbons (Fsp3) is 0.261. The maximum absolute atomic E-state index is 12.1. The van der Waals surface area contributed by atoms with Gasteiger partial charge in [-0.3, -0.25) is 9.59 Å². The first-order valence-corrected chi connectivity index (χ1v) is 9.64. The van der Waals surface area contributed by atoms with Crippen molar-refractivity contribution in [1.29, 1.82) is 0 Å². The molecule has 0 spiro atoms. The van der Waals surface area contributed by atoms with E-state index in [-0.39, 0.29) is 11.8 Å². The van der Waals surface area contributed by atoms with Crippen LogP contribution < -0.4 is 10.7 Å². The Balaban J connectivity index is 1.75. The average molecular weight is 377 g/mol. The Bertz CT molecular complexity index is 796. The SMILES string of the molecule is CCCCCCC(=O)Nc1ccc(C(=O)NN=CC=Cc2ccccc2)cc1. The van der Waals surface area contributed by atoms with Gasteiger partial charge in [-0.1, -0.05) is 62.6 Å². The van der Waals surface area contributed by atoms with Crippen molar-refractivity contribution in [3.63, 3.8) is 0 Å². The Morgan fingerprint density at radius 2 is 1.71 bits per heavy atom. The third kappa shape index (κ3) is 7.99. The molecule has 2 aromatic rings. The quantitative estimate of drug-likeness (QED) is 0.346. The van der Waals surface area contributed by atoms with Gasteiger partial charge in [0, 0.05) is 23.9 Å². The second-order valence-electron chi connectivity index (χ2n) is 6.43. The highest BCUT2D eigenvalue weighted by Crippen LogP contribution is 2.11. The second-order valence-corrected chi connectivity index (χ2v) is 6.43. The maximum Gasteiger partial charge on any atom is 0.271 e. The molecule has 2 amide bonds. The lowest BCUT2D eigenvalue weighted by atomic mass is 10.1. The minimum absolute atomic E-state index is 0.00288. The number of allylic oxidation sites excluding steroid dienone is 1. The molecule has 0 bridgehead atoms. The molecule has 2 rings (SSSR count). The number of nitrogens with one attached hydrogen (secondary N) is 2. The monoisotopic (exact) mass is 377 g/mol. The topological polar surface area (TPSA) is 70.6 Å². The summed E-state index contributed by atoms with van der Waals surface area (Å²) >= 11 is 0. The van der Waals surface area contributed by atoms with Crippen molar-refractivity contribution in [1.82, 2.24) is 5.43 Å². The van der Waals surface area contributed by atoms with Gasteiger partial charge in [0.05, 0.1) is 0 Å². The van der Waals surface area contributed by atoms with E-state index in [0.717, 1.165) is 31.2 Å². The molecule has 0 aliphatic rings. The third-order valence-electron chi connectivity index (χ3n) is 4.10. The zero-order valence-corrected chi connectivity index (χ0v) is 16.2. The van der Waals surface area contributed by atoms with Crippen LogP contribution in [0.1, 0.15) is 54.9 Å². The number of nitrogens with zero attached hydrogens (tertiary/aromatic N) is 1. The molecule has 0 fully saturated rings. The number of anilines is 1. The summed E-state index contributed by atoms with van der Waals surface area (Å²) in [4.78, 5) is 24.0. The van der Waals surface area contributed by atoms with Crippen LogP contribution in [0.15, 0.2) is 65.8 Å².